The van der Waals surface area contributed by atoms with Gasteiger partial charge in [-0.3, -0.25) is 9.69 Å². The third-order valence-corrected chi connectivity index (χ3v) is 4.94. The van der Waals surface area contributed by atoms with Crippen molar-refractivity contribution < 1.29 is 9.53 Å². The summed E-state index contributed by atoms with van der Waals surface area (Å²) in [6, 6.07) is 13.8. The second-order valence-corrected chi connectivity index (χ2v) is 7.16. The van der Waals surface area contributed by atoms with Gasteiger partial charge in [-0.15, -0.1) is 0 Å². The van der Waals surface area contributed by atoms with Gasteiger partial charge in [-0.05, 0) is 61.7 Å². The highest BCUT2D eigenvalue weighted by Gasteiger charge is 2.14. The molecule has 1 saturated heterocycles. The van der Waals surface area contributed by atoms with Gasteiger partial charge in [0.1, 0.15) is 5.75 Å². The minimum Gasteiger partial charge on any atom is -0.482 e. The molecule has 5 heteroatoms. The fourth-order valence-electron chi connectivity index (χ4n) is 3.18. The van der Waals surface area contributed by atoms with Crippen molar-refractivity contribution in [3.8, 4) is 5.75 Å². The third-order valence-electron chi connectivity index (χ3n) is 4.63. The van der Waals surface area contributed by atoms with Crippen molar-refractivity contribution in [3.05, 3.63) is 64.2 Å². The van der Waals surface area contributed by atoms with Crippen LogP contribution in [-0.4, -0.2) is 30.5 Å². The minimum atomic E-state index is -0.154. The molecular formula is C21H25ClN2O2. The van der Waals surface area contributed by atoms with Gasteiger partial charge in [-0.2, -0.15) is 0 Å². The first kappa shape index (κ1) is 18.7. The van der Waals surface area contributed by atoms with Crippen LogP contribution in [0.5, 0.6) is 5.75 Å². The predicted octanol–water partition coefficient (Wildman–Crippen LogP) is 3.94. The molecule has 1 amide bonds. The molecule has 1 N–H and O–H groups in total. The predicted molar refractivity (Wildman–Crippen MR) is 104 cm³/mol. The lowest BCUT2D eigenvalue weighted by atomic mass is 10.1. The molecule has 138 valence electrons. The number of amides is 1. The molecule has 0 saturated carbocycles. The summed E-state index contributed by atoms with van der Waals surface area (Å²) in [6.07, 6.45) is 2.55. The number of rotatable bonds is 7. The summed E-state index contributed by atoms with van der Waals surface area (Å²) >= 11 is 6.09. The number of benzene rings is 2. The number of carbonyl (C=O) groups is 1. The smallest absolute Gasteiger partial charge is 0.258 e. The van der Waals surface area contributed by atoms with Crippen molar-refractivity contribution in [1.82, 2.24) is 10.2 Å². The zero-order chi connectivity index (χ0) is 18.4. The molecule has 1 aliphatic rings. The molecule has 0 radical (unpaired) electrons. The van der Waals surface area contributed by atoms with Crippen LogP contribution in [0.4, 0.5) is 0 Å². The Morgan fingerprint density at radius 2 is 1.88 bits per heavy atom. The first-order valence-electron chi connectivity index (χ1n) is 9.06. The molecule has 0 bridgehead atoms. The quantitative estimate of drug-likeness (QED) is 0.800. The van der Waals surface area contributed by atoms with Crippen molar-refractivity contribution in [2.45, 2.75) is 32.9 Å². The number of hydrogen-bond acceptors (Lipinski definition) is 3. The van der Waals surface area contributed by atoms with Crippen LogP contribution in [0.1, 0.15) is 29.5 Å². The number of aryl methyl sites for hydroxylation is 1. The van der Waals surface area contributed by atoms with Crippen LogP contribution in [0.2, 0.25) is 5.02 Å². The second kappa shape index (κ2) is 9.06. The largest absolute Gasteiger partial charge is 0.482 e. The number of halogens is 1. The van der Waals surface area contributed by atoms with E-state index in [0.29, 0.717) is 17.3 Å². The summed E-state index contributed by atoms with van der Waals surface area (Å²) < 4.78 is 5.55. The van der Waals surface area contributed by atoms with Gasteiger partial charge >= 0.3 is 0 Å². The van der Waals surface area contributed by atoms with E-state index in [0.717, 1.165) is 30.8 Å². The number of carbonyl (C=O) groups excluding carboxylic acids is 1. The minimum absolute atomic E-state index is 0.0442. The maximum atomic E-state index is 12.2. The van der Waals surface area contributed by atoms with Crippen molar-refractivity contribution in [2.75, 3.05) is 19.7 Å². The summed E-state index contributed by atoms with van der Waals surface area (Å²) in [7, 11) is 0. The lowest BCUT2D eigenvalue weighted by Crippen LogP contribution is -2.29. The fourth-order valence-corrected chi connectivity index (χ4v) is 3.35. The van der Waals surface area contributed by atoms with Gasteiger partial charge < -0.3 is 10.1 Å². The molecule has 0 unspecified atom stereocenters. The summed E-state index contributed by atoms with van der Waals surface area (Å²) in [5.41, 5.74) is 3.47. The number of hydrogen-bond donors (Lipinski definition) is 1. The summed E-state index contributed by atoms with van der Waals surface area (Å²) in [5.74, 6) is 0.384. The van der Waals surface area contributed by atoms with Gasteiger partial charge in [0.15, 0.2) is 6.61 Å². The Hall–Kier alpha value is -2.04. The summed E-state index contributed by atoms with van der Waals surface area (Å²) in [4.78, 5) is 14.6. The average molecular weight is 373 g/mol. The van der Waals surface area contributed by atoms with E-state index in [4.69, 9.17) is 16.3 Å². The van der Waals surface area contributed by atoms with Crippen LogP contribution < -0.4 is 10.1 Å². The molecule has 2 aromatic rings. The average Bonchev–Trinajstić information content (AvgIpc) is 3.15. The Kier molecular flexibility index (Phi) is 6.53. The molecule has 3 rings (SSSR count). The van der Waals surface area contributed by atoms with Crippen LogP contribution in [0.3, 0.4) is 0 Å². The van der Waals surface area contributed by atoms with E-state index in [1.807, 2.05) is 25.1 Å². The highest BCUT2D eigenvalue weighted by molar-refractivity contribution is 6.32. The normalized spacial score (nSPS) is 14.4. The van der Waals surface area contributed by atoms with Gasteiger partial charge in [0.05, 0.1) is 5.02 Å². The molecule has 0 aliphatic carbocycles. The molecule has 0 aromatic heterocycles. The molecule has 4 nitrogen and oxygen atoms in total. The van der Waals surface area contributed by atoms with Crippen molar-refractivity contribution in [2.24, 2.45) is 0 Å². The van der Waals surface area contributed by atoms with E-state index in [2.05, 4.69) is 28.4 Å². The van der Waals surface area contributed by atoms with E-state index in [1.165, 1.54) is 18.4 Å². The molecule has 1 aliphatic heterocycles. The summed E-state index contributed by atoms with van der Waals surface area (Å²) in [6.45, 7) is 5.69. The highest BCUT2D eigenvalue weighted by Crippen LogP contribution is 2.25. The first-order valence-corrected chi connectivity index (χ1v) is 9.44. The monoisotopic (exact) mass is 372 g/mol. The zero-order valence-electron chi connectivity index (χ0n) is 15.1. The molecule has 26 heavy (non-hydrogen) atoms. The van der Waals surface area contributed by atoms with E-state index < -0.39 is 0 Å². The van der Waals surface area contributed by atoms with Crippen LogP contribution in [0, 0.1) is 6.92 Å². The van der Waals surface area contributed by atoms with Crippen molar-refractivity contribution in [1.29, 1.82) is 0 Å². The Morgan fingerprint density at radius 3 is 2.65 bits per heavy atom. The van der Waals surface area contributed by atoms with Crippen LogP contribution in [0.15, 0.2) is 42.5 Å². The van der Waals surface area contributed by atoms with Crippen LogP contribution >= 0.6 is 11.6 Å². The van der Waals surface area contributed by atoms with Gasteiger partial charge in [-0.1, -0.05) is 41.9 Å². The maximum absolute atomic E-state index is 12.2. The first-order chi connectivity index (χ1) is 12.6. The van der Waals surface area contributed by atoms with E-state index in [9.17, 15) is 4.79 Å². The number of likely N-dealkylation sites (tertiary alicyclic amines) is 1. The van der Waals surface area contributed by atoms with Crippen LogP contribution in [-0.2, 0) is 17.9 Å². The van der Waals surface area contributed by atoms with Gasteiger partial charge in [-0.25, -0.2) is 0 Å². The van der Waals surface area contributed by atoms with E-state index in [-0.39, 0.29) is 12.5 Å². The van der Waals surface area contributed by atoms with Crippen molar-refractivity contribution in [3.63, 3.8) is 0 Å². The number of nitrogens with zero attached hydrogens (tertiary/aromatic N) is 1. The highest BCUT2D eigenvalue weighted by atomic mass is 35.5. The number of nitrogens with one attached hydrogen (secondary N) is 1. The van der Waals surface area contributed by atoms with Gasteiger partial charge in [0.2, 0.25) is 0 Å². The maximum Gasteiger partial charge on any atom is 0.258 e. The van der Waals surface area contributed by atoms with E-state index >= 15 is 0 Å². The molecule has 0 atom stereocenters. The Balaban J connectivity index is 1.52. The molecule has 1 heterocycles. The fraction of sp³-hybridized carbons (Fsp3) is 0.381. The molecule has 2 aromatic carbocycles. The Morgan fingerprint density at radius 1 is 1.15 bits per heavy atom. The second-order valence-electron chi connectivity index (χ2n) is 6.75. The molecule has 0 spiro atoms. The topological polar surface area (TPSA) is 41.6 Å². The lowest BCUT2D eigenvalue weighted by molar-refractivity contribution is -0.123. The van der Waals surface area contributed by atoms with Gasteiger partial charge in [0.25, 0.3) is 5.91 Å². The van der Waals surface area contributed by atoms with Crippen molar-refractivity contribution >= 4 is 17.5 Å². The van der Waals surface area contributed by atoms with Crippen LogP contribution in [0.25, 0.3) is 0 Å². The SMILES string of the molecule is Cc1ccc(Cl)c(OCC(=O)NCc2ccccc2CN2CCCC2)c1. The lowest BCUT2D eigenvalue weighted by Gasteiger charge is -2.17. The third kappa shape index (κ3) is 5.23. The Bertz CT molecular complexity index is 757. The zero-order valence-corrected chi connectivity index (χ0v) is 15.9. The molecule has 1 fully saturated rings. The van der Waals surface area contributed by atoms with E-state index in [1.54, 1.807) is 6.07 Å². The van der Waals surface area contributed by atoms with Gasteiger partial charge in [0, 0.05) is 13.1 Å². The summed E-state index contributed by atoms with van der Waals surface area (Å²) in [5, 5.41) is 3.46. The standard InChI is InChI=1S/C21H25ClN2O2/c1-16-8-9-19(22)20(12-16)26-15-21(25)23-13-17-6-2-3-7-18(17)14-24-10-4-5-11-24/h2-3,6-9,12H,4-5,10-11,13-15H2,1H3,(H,23,25). The molecular weight excluding hydrogens is 348 g/mol. The Labute approximate surface area is 160 Å². The number of ether oxygens (including phenoxy) is 1.